The monoisotopic (exact) mass is 283 g/mol. The number of fused-ring (bicyclic) bond motifs is 1. The van der Waals surface area contributed by atoms with Gasteiger partial charge in [-0.25, -0.2) is 4.98 Å². The van der Waals surface area contributed by atoms with Crippen LogP contribution in [0.1, 0.15) is 33.7 Å². The number of carbonyl (C=O) groups excluding carboxylic acids is 1. The van der Waals surface area contributed by atoms with Gasteiger partial charge in [0.05, 0.1) is 19.3 Å². The minimum atomic E-state index is -0.181. The molecular weight excluding hydrogens is 266 g/mol. The van der Waals surface area contributed by atoms with E-state index in [0.717, 1.165) is 36.2 Å². The third-order valence-corrected chi connectivity index (χ3v) is 3.61. The highest BCUT2D eigenvalue weighted by Crippen LogP contribution is 2.26. The zero-order chi connectivity index (χ0) is 14.7. The number of hydrogen-bond donors (Lipinski definition) is 1. The first-order valence-electron chi connectivity index (χ1n) is 7.03. The largest absolute Gasteiger partial charge is 0.480 e. The van der Waals surface area contributed by atoms with Crippen molar-refractivity contribution in [2.75, 3.05) is 7.11 Å². The Hall–Kier alpha value is -2.43. The summed E-state index contributed by atoms with van der Waals surface area (Å²) in [5, 5.41) is 2.86. The molecule has 2 aromatic rings. The van der Waals surface area contributed by atoms with Gasteiger partial charge in [-0.1, -0.05) is 6.07 Å². The van der Waals surface area contributed by atoms with Gasteiger partial charge in [0.15, 0.2) is 0 Å². The number of aryl methyl sites for hydroxylation is 2. The average molecular weight is 283 g/mol. The summed E-state index contributed by atoms with van der Waals surface area (Å²) in [6.45, 7) is 0.389. The lowest BCUT2D eigenvalue weighted by Crippen LogP contribution is -2.24. The van der Waals surface area contributed by atoms with Crippen LogP contribution in [0, 0.1) is 0 Å². The van der Waals surface area contributed by atoms with E-state index in [1.54, 1.807) is 13.3 Å². The van der Waals surface area contributed by atoms with Gasteiger partial charge in [-0.15, -0.1) is 0 Å². The molecule has 5 nitrogen and oxygen atoms in total. The average Bonchev–Trinajstić information content (AvgIpc) is 2.99. The van der Waals surface area contributed by atoms with Crippen molar-refractivity contribution in [1.29, 1.82) is 0 Å². The molecular formula is C16H17N3O2. The molecule has 0 saturated heterocycles. The lowest BCUT2D eigenvalue weighted by molar-refractivity contribution is 0.0946. The number of nitrogens with one attached hydrogen (secondary N) is 1. The van der Waals surface area contributed by atoms with Gasteiger partial charge in [-0.2, -0.15) is 0 Å². The molecule has 21 heavy (non-hydrogen) atoms. The van der Waals surface area contributed by atoms with Crippen LogP contribution in [0.15, 0.2) is 30.5 Å². The molecule has 0 aromatic carbocycles. The smallest absolute Gasteiger partial charge is 0.257 e. The molecule has 0 spiro atoms. The van der Waals surface area contributed by atoms with Crippen molar-refractivity contribution in [3.8, 4) is 5.88 Å². The lowest BCUT2D eigenvalue weighted by Gasteiger charge is -2.10. The van der Waals surface area contributed by atoms with Crippen LogP contribution in [0.4, 0.5) is 0 Å². The standard InChI is InChI=1S/C16H17N3O2/c1-21-16-13(9-11-5-4-7-14(11)19-16)15(20)18-10-12-6-2-3-8-17-12/h2-3,6,8-9H,4-5,7,10H2,1H3,(H,18,20). The second kappa shape index (κ2) is 5.91. The van der Waals surface area contributed by atoms with Crippen LogP contribution >= 0.6 is 0 Å². The number of aromatic nitrogens is 2. The number of ether oxygens (including phenoxy) is 1. The van der Waals surface area contributed by atoms with Gasteiger partial charge in [0.25, 0.3) is 5.91 Å². The predicted octanol–water partition coefficient (Wildman–Crippen LogP) is 1.90. The van der Waals surface area contributed by atoms with Gasteiger partial charge in [-0.3, -0.25) is 9.78 Å². The normalized spacial score (nSPS) is 12.8. The lowest BCUT2D eigenvalue weighted by atomic mass is 10.1. The second-order valence-corrected chi connectivity index (χ2v) is 5.01. The molecule has 0 atom stereocenters. The van der Waals surface area contributed by atoms with Crippen molar-refractivity contribution in [1.82, 2.24) is 15.3 Å². The fourth-order valence-corrected chi connectivity index (χ4v) is 2.54. The number of methoxy groups -OCH3 is 1. The first-order chi connectivity index (χ1) is 10.3. The Morgan fingerprint density at radius 2 is 2.29 bits per heavy atom. The molecule has 2 aromatic heterocycles. The van der Waals surface area contributed by atoms with Crippen molar-refractivity contribution < 1.29 is 9.53 Å². The third kappa shape index (κ3) is 2.86. The zero-order valence-electron chi connectivity index (χ0n) is 11.9. The van der Waals surface area contributed by atoms with Crippen LogP contribution in [0.5, 0.6) is 5.88 Å². The quantitative estimate of drug-likeness (QED) is 0.931. The fraction of sp³-hybridized carbons (Fsp3) is 0.312. The van der Waals surface area contributed by atoms with E-state index in [1.165, 1.54) is 0 Å². The molecule has 0 radical (unpaired) electrons. The number of hydrogen-bond acceptors (Lipinski definition) is 4. The Kier molecular flexibility index (Phi) is 3.81. The molecule has 1 aliphatic carbocycles. The molecule has 2 heterocycles. The number of amides is 1. The summed E-state index contributed by atoms with van der Waals surface area (Å²) < 4.78 is 5.26. The van der Waals surface area contributed by atoms with E-state index in [9.17, 15) is 4.79 Å². The third-order valence-electron chi connectivity index (χ3n) is 3.61. The van der Waals surface area contributed by atoms with E-state index in [1.807, 2.05) is 24.3 Å². The molecule has 108 valence electrons. The number of nitrogens with zero attached hydrogens (tertiary/aromatic N) is 2. The summed E-state index contributed by atoms with van der Waals surface area (Å²) in [5.41, 5.74) is 3.51. The first-order valence-corrected chi connectivity index (χ1v) is 7.03. The predicted molar refractivity (Wildman–Crippen MR) is 78.2 cm³/mol. The molecule has 0 saturated carbocycles. The Labute approximate surface area is 123 Å². The Morgan fingerprint density at radius 1 is 1.38 bits per heavy atom. The number of carbonyl (C=O) groups is 1. The minimum absolute atomic E-state index is 0.181. The molecule has 1 N–H and O–H groups in total. The van der Waals surface area contributed by atoms with Crippen LogP contribution in [0.3, 0.4) is 0 Å². The van der Waals surface area contributed by atoms with Gasteiger partial charge < -0.3 is 10.1 Å². The molecule has 1 aliphatic rings. The van der Waals surface area contributed by atoms with Crippen LogP contribution in [-0.4, -0.2) is 23.0 Å². The van der Waals surface area contributed by atoms with Crippen molar-refractivity contribution in [2.45, 2.75) is 25.8 Å². The minimum Gasteiger partial charge on any atom is -0.480 e. The van der Waals surface area contributed by atoms with Crippen molar-refractivity contribution in [3.05, 3.63) is 53.0 Å². The van der Waals surface area contributed by atoms with Crippen LogP contribution < -0.4 is 10.1 Å². The number of rotatable bonds is 4. The zero-order valence-corrected chi connectivity index (χ0v) is 11.9. The number of pyridine rings is 2. The van der Waals surface area contributed by atoms with E-state index in [-0.39, 0.29) is 5.91 Å². The Balaban J connectivity index is 1.78. The molecule has 0 fully saturated rings. The Bertz CT molecular complexity index is 656. The van der Waals surface area contributed by atoms with Crippen molar-refractivity contribution in [3.63, 3.8) is 0 Å². The Morgan fingerprint density at radius 3 is 3.05 bits per heavy atom. The highest BCUT2D eigenvalue weighted by atomic mass is 16.5. The SMILES string of the molecule is COc1nc2c(cc1C(=O)NCc1ccccn1)CCC2. The van der Waals surface area contributed by atoms with Gasteiger partial charge in [0.1, 0.15) is 5.56 Å². The van der Waals surface area contributed by atoms with Crippen LogP contribution in [0.2, 0.25) is 0 Å². The maximum atomic E-state index is 12.3. The van der Waals surface area contributed by atoms with E-state index in [4.69, 9.17) is 4.74 Å². The maximum absolute atomic E-state index is 12.3. The van der Waals surface area contributed by atoms with E-state index < -0.39 is 0 Å². The fourth-order valence-electron chi connectivity index (χ4n) is 2.54. The van der Waals surface area contributed by atoms with Gasteiger partial charge in [0, 0.05) is 11.9 Å². The second-order valence-electron chi connectivity index (χ2n) is 5.01. The molecule has 5 heteroatoms. The summed E-state index contributed by atoms with van der Waals surface area (Å²) in [6.07, 6.45) is 4.73. The summed E-state index contributed by atoms with van der Waals surface area (Å²) in [6, 6.07) is 7.52. The highest BCUT2D eigenvalue weighted by molar-refractivity contribution is 5.96. The van der Waals surface area contributed by atoms with Gasteiger partial charge in [0.2, 0.25) is 5.88 Å². The molecule has 0 bridgehead atoms. The van der Waals surface area contributed by atoms with Crippen LogP contribution in [-0.2, 0) is 19.4 Å². The molecule has 0 unspecified atom stereocenters. The van der Waals surface area contributed by atoms with E-state index >= 15 is 0 Å². The van der Waals surface area contributed by atoms with E-state index in [2.05, 4.69) is 15.3 Å². The summed E-state index contributed by atoms with van der Waals surface area (Å²) in [4.78, 5) is 21.0. The topological polar surface area (TPSA) is 64.1 Å². The molecule has 1 amide bonds. The summed E-state index contributed by atoms with van der Waals surface area (Å²) in [7, 11) is 1.54. The summed E-state index contributed by atoms with van der Waals surface area (Å²) >= 11 is 0. The molecule has 0 aliphatic heterocycles. The van der Waals surface area contributed by atoms with E-state index in [0.29, 0.717) is 18.0 Å². The summed E-state index contributed by atoms with van der Waals surface area (Å²) in [5.74, 6) is 0.217. The maximum Gasteiger partial charge on any atom is 0.257 e. The van der Waals surface area contributed by atoms with Crippen molar-refractivity contribution in [2.24, 2.45) is 0 Å². The molecule has 3 rings (SSSR count). The van der Waals surface area contributed by atoms with Crippen LogP contribution in [0.25, 0.3) is 0 Å². The van der Waals surface area contributed by atoms with Crippen molar-refractivity contribution >= 4 is 5.91 Å². The first kappa shape index (κ1) is 13.5. The van der Waals surface area contributed by atoms with Gasteiger partial charge in [-0.05, 0) is 43.0 Å². The highest BCUT2D eigenvalue weighted by Gasteiger charge is 2.20. The van der Waals surface area contributed by atoms with Gasteiger partial charge >= 0.3 is 0 Å².